The van der Waals surface area contributed by atoms with E-state index in [2.05, 4.69) is 4.98 Å². The van der Waals surface area contributed by atoms with Gasteiger partial charge in [-0.15, -0.1) is 0 Å². The van der Waals surface area contributed by atoms with Crippen LogP contribution in [0.15, 0.2) is 54.7 Å². The predicted octanol–water partition coefficient (Wildman–Crippen LogP) is 2.03. The summed E-state index contributed by atoms with van der Waals surface area (Å²) >= 11 is 0. The van der Waals surface area contributed by atoms with Crippen LogP contribution in [0.25, 0.3) is 5.65 Å². The zero-order valence-electron chi connectivity index (χ0n) is 13.4. The summed E-state index contributed by atoms with van der Waals surface area (Å²) in [6.45, 7) is 2.18. The van der Waals surface area contributed by atoms with Crippen LogP contribution in [0.1, 0.15) is 23.0 Å². The normalized spacial score (nSPS) is 13.8. The number of rotatable bonds is 6. The van der Waals surface area contributed by atoms with E-state index in [4.69, 9.17) is 16.2 Å². The number of ether oxygens (including phenoxy) is 1. The summed E-state index contributed by atoms with van der Waals surface area (Å²) in [4.78, 5) is 16.9. The summed E-state index contributed by atoms with van der Waals surface area (Å²) in [5, 5.41) is 0. The van der Waals surface area contributed by atoms with Crippen LogP contribution in [0.5, 0.6) is 0 Å². The minimum atomic E-state index is -0.823. The molecule has 0 aliphatic carbocycles. The number of ketones is 1. The summed E-state index contributed by atoms with van der Waals surface area (Å²) in [5.41, 5.74) is 14.0. The number of carbonyl (C=O) groups is 1. The number of hydrogen-bond acceptors (Lipinski definition) is 5. The topological polar surface area (TPSA) is 95.6 Å². The first-order chi connectivity index (χ1) is 11.6. The number of hydrogen-bond donors (Lipinski definition) is 2. The molecule has 3 rings (SSSR count). The molecule has 1 aromatic carbocycles. The van der Waals surface area contributed by atoms with Gasteiger partial charge in [-0.1, -0.05) is 36.4 Å². The van der Waals surface area contributed by atoms with Crippen molar-refractivity contribution in [3.05, 3.63) is 66.0 Å². The number of nitrogens with zero attached hydrogens (tertiary/aromatic N) is 2. The molecule has 0 amide bonds. The van der Waals surface area contributed by atoms with Gasteiger partial charge in [0.05, 0.1) is 18.8 Å². The van der Waals surface area contributed by atoms with Crippen molar-refractivity contribution in [2.75, 3.05) is 5.73 Å². The molecular formula is C18H20N4O2. The highest BCUT2D eigenvalue weighted by atomic mass is 16.5. The number of fused-ring (bicyclic) bond motifs is 1. The molecule has 0 spiro atoms. The quantitative estimate of drug-likeness (QED) is 0.676. The molecular weight excluding hydrogens is 304 g/mol. The van der Waals surface area contributed by atoms with Crippen LogP contribution in [0.3, 0.4) is 0 Å². The van der Waals surface area contributed by atoms with E-state index >= 15 is 0 Å². The van der Waals surface area contributed by atoms with E-state index in [0.29, 0.717) is 17.9 Å². The maximum Gasteiger partial charge on any atom is 0.202 e. The molecule has 6 heteroatoms. The molecule has 4 N–H and O–H groups in total. The summed E-state index contributed by atoms with van der Waals surface area (Å²) in [7, 11) is 0. The highest BCUT2D eigenvalue weighted by molar-refractivity contribution is 6.03. The Hall–Kier alpha value is -2.70. The average molecular weight is 324 g/mol. The van der Waals surface area contributed by atoms with Crippen LogP contribution in [0.2, 0.25) is 0 Å². The monoisotopic (exact) mass is 324 g/mol. The van der Waals surface area contributed by atoms with Crippen molar-refractivity contribution in [1.82, 2.24) is 9.38 Å². The maximum atomic E-state index is 12.7. The van der Waals surface area contributed by atoms with Crippen LogP contribution in [-0.4, -0.2) is 27.3 Å². The Bertz CT molecular complexity index is 845. The molecule has 2 heterocycles. The Morgan fingerprint density at radius 1 is 1.21 bits per heavy atom. The van der Waals surface area contributed by atoms with Gasteiger partial charge in [-0.05, 0) is 24.6 Å². The van der Waals surface area contributed by atoms with Crippen LogP contribution in [-0.2, 0) is 11.3 Å². The lowest BCUT2D eigenvalue weighted by atomic mass is 10.1. The largest absolute Gasteiger partial charge is 0.382 e. The summed E-state index contributed by atoms with van der Waals surface area (Å²) in [5.74, 6) is -0.108. The van der Waals surface area contributed by atoms with Gasteiger partial charge in [0.15, 0.2) is 5.82 Å². The standard InChI is InChI=1S/C18H20N4O2/c1-12(24-11-13-7-3-2-4-8-13)15(19)17(23)16-18(20)21-14-9-5-6-10-22(14)16/h2-10,12,15H,11,19-20H2,1H3/t12-,15+/m1/s1. The van der Waals surface area contributed by atoms with E-state index in [1.807, 2.05) is 42.5 Å². The Morgan fingerprint density at radius 2 is 1.92 bits per heavy atom. The van der Waals surface area contributed by atoms with Crippen molar-refractivity contribution in [1.29, 1.82) is 0 Å². The Balaban J connectivity index is 1.74. The van der Waals surface area contributed by atoms with Gasteiger partial charge in [0.2, 0.25) is 5.78 Å². The maximum absolute atomic E-state index is 12.7. The molecule has 0 unspecified atom stereocenters. The third kappa shape index (κ3) is 3.15. The SMILES string of the molecule is C[C@@H](OCc1ccccc1)[C@H](N)C(=O)c1c(N)nc2ccccn12. The molecule has 3 aromatic rings. The van der Waals surface area contributed by atoms with Gasteiger partial charge in [0.25, 0.3) is 0 Å². The van der Waals surface area contributed by atoms with E-state index in [0.717, 1.165) is 5.56 Å². The Morgan fingerprint density at radius 3 is 2.67 bits per heavy atom. The minimum Gasteiger partial charge on any atom is -0.382 e. The Kier molecular flexibility index (Phi) is 4.59. The number of anilines is 1. The van der Waals surface area contributed by atoms with Gasteiger partial charge < -0.3 is 16.2 Å². The molecule has 0 bridgehead atoms. The van der Waals surface area contributed by atoms with Gasteiger partial charge >= 0.3 is 0 Å². The zero-order valence-corrected chi connectivity index (χ0v) is 13.4. The number of carbonyl (C=O) groups excluding carboxylic acids is 1. The van der Waals surface area contributed by atoms with Crippen molar-refractivity contribution in [2.24, 2.45) is 5.73 Å². The summed E-state index contributed by atoms with van der Waals surface area (Å²) < 4.78 is 7.40. The van der Waals surface area contributed by atoms with Crippen LogP contribution >= 0.6 is 0 Å². The van der Waals surface area contributed by atoms with Crippen molar-refractivity contribution < 1.29 is 9.53 Å². The fourth-order valence-corrected chi connectivity index (χ4v) is 2.54. The number of nitrogens with two attached hydrogens (primary N) is 2. The lowest BCUT2D eigenvalue weighted by Gasteiger charge is -2.19. The second kappa shape index (κ2) is 6.82. The molecule has 0 fully saturated rings. The minimum absolute atomic E-state index is 0.178. The first-order valence-electron chi connectivity index (χ1n) is 7.76. The fourth-order valence-electron chi connectivity index (χ4n) is 2.54. The second-order valence-electron chi connectivity index (χ2n) is 5.67. The molecule has 2 atom stereocenters. The summed E-state index contributed by atoms with van der Waals surface area (Å²) in [6.07, 6.45) is 1.29. The number of nitrogen functional groups attached to an aromatic ring is 1. The molecule has 24 heavy (non-hydrogen) atoms. The third-order valence-electron chi connectivity index (χ3n) is 3.95. The van der Waals surface area contributed by atoms with E-state index < -0.39 is 12.1 Å². The van der Waals surface area contributed by atoms with Crippen molar-refractivity contribution >= 4 is 17.2 Å². The molecule has 124 valence electrons. The number of Topliss-reactive ketones (excluding diaryl/α,β-unsaturated/α-hetero) is 1. The van der Waals surface area contributed by atoms with E-state index in [9.17, 15) is 4.79 Å². The average Bonchev–Trinajstić information content (AvgIpc) is 2.95. The number of aromatic nitrogens is 2. The number of benzene rings is 1. The number of pyridine rings is 1. The van der Waals surface area contributed by atoms with Crippen LogP contribution < -0.4 is 11.5 Å². The second-order valence-corrected chi connectivity index (χ2v) is 5.67. The van der Waals surface area contributed by atoms with Crippen LogP contribution in [0, 0.1) is 0 Å². The van der Waals surface area contributed by atoms with Crippen LogP contribution in [0.4, 0.5) is 5.82 Å². The number of imidazole rings is 1. The van der Waals surface area contributed by atoms with E-state index in [-0.39, 0.29) is 11.6 Å². The zero-order chi connectivity index (χ0) is 17.1. The molecule has 0 saturated carbocycles. The van der Waals surface area contributed by atoms with Gasteiger partial charge in [0.1, 0.15) is 11.3 Å². The first-order valence-corrected chi connectivity index (χ1v) is 7.76. The van der Waals surface area contributed by atoms with Gasteiger partial charge in [-0.3, -0.25) is 9.20 Å². The molecule has 0 radical (unpaired) electrons. The third-order valence-corrected chi connectivity index (χ3v) is 3.95. The van der Waals surface area contributed by atoms with Gasteiger partial charge in [-0.25, -0.2) is 4.98 Å². The lowest BCUT2D eigenvalue weighted by Crippen LogP contribution is -2.42. The fraction of sp³-hybridized carbons (Fsp3) is 0.222. The molecule has 0 saturated heterocycles. The first kappa shape index (κ1) is 16.2. The highest BCUT2D eigenvalue weighted by Crippen LogP contribution is 2.18. The molecule has 0 aliphatic heterocycles. The van der Waals surface area contributed by atoms with Crippen molar-refractivity contribution in [3.8, 4) is 0 Å². The molecule has 6 nitrogen and oxygen atoms in total. The van der Waals surface area contributed by atoms with Crippen molar-refractivity contribution in [3.63, 3.8) is 0 Å². The predicted molar refractivity (Wildman–Crippen MR) is 92.6 cm³/mol. The smallest absolute Gasteiger partial charge is 0.202 e. The van der Waals surface area contributed by atoms with E-state index in [1.165, 1.54) is 0 Å². The lowest BCUT2D eigenvalue weighted by molar-refractivity contribution is 0.0341. The summed E-state index contributed by atoms with van der Waals surface area (Å²) in [6, 6.07) is 14.3. The van der Waals surface area contributed by atoms with Crippen molar-refractivity contribution in [2.45, 2.75) is 25.7 Å². The Labute approximate surface area is 140 Å². The highest BCUT2D eigenvalue weighted by Gasteiger charge is 2.27. The van der Waals surface area contributed by atoms with Gasteiger partial charge in [-0.2, -0.15) is 0 Å². The molecule has 0 aliphatic rings. The van der Waals surface area contributed by atoms with Gasteiger partial charge in [0, 0.05) is 6.20 Å². The molecule has 2 aromatic heterocycles. The van der Waals surface area contributed by atoms with E-state index in [1.54, 1.807) is 23.6 Å².